The Morgan fingerprint density at radius 3 is 3.07 bits per heavy atom. The average molecular weight is 193 g/mol. The van der Waals surface area contributed by atoms with E-state index in [1.165, 1.54) is 19.0 Å². The molecule has 2 rings (SSSR count). The molecule has 1 aliphatic rings. The molecular formula is C10H15N3O. The Labute approximate surface area is 83.4 Å². The van der Waals surface area contributed by atoms with Gasteiger partial charge >= 0.3 is 0 Å². The van der Waals surface area contributed by atoms with E-state index in [1.54, 1.807) is 12.1 Å². The lowest BCUT2D eigenvalue weighted by molar-refractivity contribution is 0.470. The number of aromatic nitrogens is 1. The van der Waals surface area contributed by atoms with Gasteiger partial charge in [-0.05, 0) is 31.5 Å². The van der Waals surface area contributed by atoms with E-state index in [9.17, 15) is 0 Å². The van der Waals surface area contributed by atoms with Crippen molar-refractivity contribution in [3.63, 3.8) is 0 Å². The number of nitrogens with zero attached hydrogens (tertiary/aromatic N) is 1. The van der Waals surface area contributed by atoms with Crippen molar-refractivity contribution in [1.82, 2.24) is 10.3 Å². The first-order valence-corrected chi connectivity index (χ1v) is 4.97. The fraction of sp³-hybridized carbons (Fsp3) is 0.500. The zero-order chi connectivity index (χ0) is 9.80. The molecule has 4 heteroatoms. The highest BCUT2D eigenvalue weighted by molar-refractivity contribution is 5.38. The van der Waals surface area contributed by atoms with Gasteiger partial charge in [-0.15, -0.1) is 0 Å². The first-order chi connectivity index (χ1) is 6.84. The summed E-state index contributed by atoms with van der Waals surface area (Å²) in [7, 11) is 0. The molecule has 14 heavy (non-hydrogen) atoms. The van der Waals surface area contributed by atoms with Gasteiger partial charge in [0.15, 0.2) is 0 Å². The van der Waals surface area contributed by atoms with Crippen molar-refractivity contribution in [3.05, 3.63) is 18.3 Å². The maximum atomic E-state index is 9.06. The summed E-state index contributed by atoms with van der Waals surface area (Å²) < 4.78 is 0. The Kier molecular flexibility index (Phi) is 2.84. The molecule has 1 saturated heterocycles. The van der Waals surface area contributed by atoms with Crippen LogP contribution >= 0.6 is 0 Å². The number of pyridine rings is 1. The van der Waals surface area contributed by atoms with Gasteiger partial charge in [-0.1, -0.05) is 0 Å². The van der Waals surface area contributed by atoms with Crippen LogP contribution in [0.25, 0.3) is 0 Å². The average Bonchev–Trinajstić information content (AvgIpc) is 2.23. The Balaban J connectivity index is 1.92. The number of hydrogen-bond acceptors (Lipinski definition) is 4. The van der Waals surface area contributed by atoms with E-state index in [4.69, 9.17) is 5.11 Å². The van der Waals surface area contributed by atoms with Gasteiger partial charge in [0.25, 0.3) is 0 Å². The van der Waals surface area contributed by atoms with Crippen LogP contribution in [0.4, 0.5) is 5.82 Å². The van der Waals surface area contributed by atoms with Crippen molar-refractivity contribution in [1.29, 1.82) is 0 Å². The van der Waals surface area contributed by atoms with Crippen molar-refractivity contribution in [3.8, 4) is 5.75 Å². The molecule has 0 amide bonds. The predicted octanol–water partition coefficient (Wildman–Crippen LogP) is 0.951. The summed E-state index contributed by atoms with van der Waals surface area (Å²) in [5, 5.41) is 15.7. The second-order valence-electron chi connectivity index (χ2n) is 3.59. The number of anilines is 1. The summed E-state index contributed by atoms with van der Waals surface area (Å²) in [6, 6.07) is 3.90. The number of aromatic hydroxyl groups is 1. The Hall–Kier alpha value is -1.29. The van der Waals surface area contributed by atoms with Crippen LogP contribution in [0.5, 0.6) is 5.75 Å². The standard InChI is InChI=1S/C10H15N3O/c14-9-3-4-10(12-7-9)13-8-2-1-5-11-6-8/h3-4,7-8,11,14H,1-2,5-6H2,(H,12,13). The molecule has 2 heterocycles. The lowest BCUT2D eigenvalue weighted by Crippen LogP contribution is -2.38. The van der Waals surface area contributed by atoms with Gasteiger partial charge in [0.05, 0.1) is 6.20 Å². The van der Waals surface area contributed by atoms with Gasteiger partial charge in [0, 0.05) is 12.6 Å². The summed E-state index contributed by atoms with van der Waals surface area (Å²) in [5.74, 6) is 1.04. The van der Waals surface area contributed by atoms with Crippen LogP contribution in [0.2, 0.25) is 0 Å². The molecular weight excluding hydrogens is 178 g/mol. The number of nitrogens with one attached hydrogen (secondary N) is 2. The largest absolute Gasteiger partial charge is 0.506 e. The summed E-state index contributed by atoms with van der Waals surface area (Å²) in [4.78, 5) is 4.08. The zero-order valence-electron chi connectivity index (χ0n) is 8.03. The van der Waals surface area contributed by atoms with Crippen LogP contribution in [-0.4, -0.2) is 29.2 Å². The second-order valence-corrected chi connectivity index (χ2v) is 3.59. The van der Waals surface area contributed by atoms with E-state index >= 15 is 0 Å². The zero-order valence-corrected chi connectivity index (χ0v) is 8.03. The SMILES string of the molecule is Oc1ccc(NC2CCCNC2)nc1. The Morgan fingerprint density at radius 1 is 1.50 bits per heavy atom. The molecule has 1 aromatic rings. The van der Waals surface area contributed by atoms with E-state index in [-0.39, 0.29) is 5.75 Å². The van der Waals surface area contributed by atoms with E-state index in [1.807, 2.05) is 0 Å². The van der Waals surface area contributed by atoms with E-state index in [0.717, 1.165) is 18.9 Å². The molecule has 1 unspecified atom stereocenters. The molecule has 3 N–H and O–H groups in total. The minimum absolute atomic E-state index is 0.206. The third-order valence-corrected chi connectivity index (χ3v) is 2.40. The highest BCUT2D eigenvalue weighted by atomic mass is 16.3. The highest BCUT2D eigenvalue weighted by Gasteiger charge is 2.12. The fourth-order valence-corrected chi connectivity index (χ4v) is 1.66. The lowest BCUT2D eigenvalue weighted by atomic mass is 10.1. The van der Waals surface area contributed by atoms with Crippen molar-refractivity contribution in [2.24, 2.45) is 0 Å². The number of hydrogen-bond donors (Lipinski definition) is 3. The maximum Gasteiger partial charge on any atom is 0.134 e. The maximum absolute atomic E-state index is 9.06. The monoisotopic (exact) mass is 193 g/mol. The van der Waals surface area contributed by atoms with Crippen LogP contribution in [0.15, 0.2) is 18.3 Å². The molecule has 1 atom stereocenters. The van der Waals surface area contributed by atoms with Crippen molar-refractivity contribution in [2.45, 2.75) is 18.9 Å². The predicted molar refractivity (Wildman–Crippen MR) is 55.4 cm³/mol. The summed E-state index contributed by atoms with van der Waals surface area (Å²) in [6.07, 6.45) is 3.84. The smallest absolute Gasteiger partial charge is 0.134 e. The second kappa shape index (κ2) is 4.28. The van der Waals surface area contributed by atoms with Crippen molar-refractivity contribution < 1.29 is 5.11 Å². The minimum Gasteiger partial charge on any atom is -0.506 e. The first-order valence-electron chi connectivity index (χ1n) is 4.97. The third-order valence-electron chi connectivity index (χ3n) is 2.40. The molecule has 1 fully saturated rings. The van der Waals surface area contributed by atoms with Gasteiger partial charge < -0.3 is 15.7 Å². The van der Waals surface area contributed by atoms with E-state index < -0.39 is 0 Å². The fourth-order valence-electron chi connectivity index (χ4n) is 1.66. The third kappa shape index (κ3) is 2.35. The van der Waals surface area contributed by atoms with E-state index in [2.05, 4.69) is 15.6 Å². The molecule has 1 aliphatic heterocycles. The molecule has 0 radical (unpaired) electrons. The van der Waals surface area contributed by atoms with Crippen molar-refractivity contribution in [2.75, 3.05) is 18.4 Å². The van der Waals surface area contributed by atoms with Crippen LogP contribution in [0, 0.1) is 0 Å². The highest BCUT2D eigenvalue weighted by Crippen LogP contribution is 2.12. The van der Waals surface area contributed by atoms with Crippen molar-refractivity contribution >= 4 is 5.82 Å². The van der Waals surface area contributed by atoms with E-state index in [0.29, 0.717) is 6.04 Å². The number of rotatable bonds is 2. The quantitative estimate of drug-likeness (QED) is 0.654. The van der Waals surface area contributed by atoms with Gasteiger partial charge in [-0.2, -0.15) is 0 Å². The van der Waals surface area contributed by atoms with Crippen LogP contribution in [-0.2, 0) is 0 Å². The lowest BCUT2D eigenvalue weighted by Gasteiger charge is -2.24. The molecule has 0 aliphatic carbocycles. The summed E-state index contributed by atoms with van der Waals surface area (Å²) in [6.45, 7) is 2.10. The van der Waals surface area contributed by atoms with Gasteiger partial charge in [-0.3, -0.25) is 0 Å². The van der Waals surface area contributed by atoms with Crippen LogP contribution in [0.3, 0.4) is 0 Å². The molecule has 0 saturated carbocycles. The molecule has 0 spiro atoms. The topological polar surface area (TPSA) is 57.2 Å². The van der Waals surface area contributed by atoms with Crippen LogP contribution < -0.4 is 10.6 Å². The normalized spacial score (nSPS) is 21.9. The molecule has 76 valence electrons. The minimum atomic E-state index is 0.206. The first kappa shape index (κ1) is 9.27. The molecule has 0 bridgehead atoms. The Bertz CT molecular complexity index is 280. The molecule has 1 aromatic heterocycles. The molecule has 0 aromatic carbocycles. The summed E-state index contributed by atoms with van der Waals surface area (Å²) in [5.41, 5.74) is 0. The summed E-state index contributed by atoms with van der Waals surface area (Å²) >= 11 is 0. The van der Waals surface area contributed by atoms with Gasteiger partial charge in [-0.25, -0.2) is 4.98 Å². The van der Waals surface area contributed by atoms with Gasteiger partial charge in [0.2, 0.25) is 0 Å². The van der Waals surface area contributed by atoms with Gasteiger partial charge in [0.1, 0.15) is 11.6 Å². The Morgan fingerprint density at radius 2 is 2.43 bits per heavy atom. The van der Waals surface area contributed by atoms with Crippen LogP contribution in [0.1, 0.15) is 12.8 Å². The number of piperidine rings is 1. The molecule has 4 nitrogen and oxygen atoms in total.